The topological polar surface area (TPSA) is 88.2 Å². The number of carbonyl (C=O) groups is 1. The highest BCUT2D eigenvalue weighted by Gasteiger charge is 2.13. The molecule has 0 saturated heterocycles. The van der Waals surface area contributed by atoms with Gasteiger partial charge in [0.15, 0.2) is 0 Å². The van der Waals surface area contributed by atoms with Crippen molar-refractivity contribution in [2.75, 3.05) is 6.54 Å². The van der Waals surface area contributed by atoms with Crippen molar-refractivity contribution in [3.63, 3.8) is 0 Å². The van der Waals surface area contributed by atoms with Crippen LogP contribution in [0.5, 0.6) is 0 Å². The van der Waals surface area contributed by atoms with Gasteiger partial charge in [-0.2, -0.15) is 0 Å². The maximum absolute atomic E-state index is 10.5. The molecule has 0 spiro atoms. The van der Waals surface area contributed by atoms with Gasteiger partial charge in [-0.3, -0.25) is 9.78 Å². The highest BCUT2D eigenvalue weighted by molar-refractivity contribution is 5.73. The van der Waals surface area contributed by atoms with Crippen LogP contribution in [-0.4, -0.2) is 28.6 Å². The van der Waals surface area contributed by atoms with Crippen LogP contribution < -0.4 is 11.1 Å². The largest absolute Gasteiger partial charge is 0.480 e. The van der Waals surface area contributed by atoms with E-state index in [9.17, 15) is 4.79 Å². The predicted octanol–water partition coefficient (Wildman–Crippen LogP) is 0.144. The SMILES string of the molecule is C[C@@H](NCC(N)C(=O)O)c1ccccn1. The fourth-order valence-corrected chi connectivity index (χ4v) is 1.13. The Bertz CT molecular complexity index is 316. The van der Waals surface area contributed by atoms with Crippen molar-refractivity contribution in [3.05, 3.63) is 30.1 Å². The van der Waals surface area contributed by atoms with Crippen molar-refractivity contribution in [1.29, 1.82) is 0 Å². The van der Waals surface area contributed by atoms with Crippen molar-refractivity contribution < 1.29 is 9.90 Å². The first-order chi connectivity index (χ1) is 7.11. The Morgan fingerprint density at radius 3 is 2.93 bits per heavy atom. The van der Waals surface area contributed by atoms with Gasteiger partial charge in [0.05, 0.1) is 5.69 Å². The molecule has 1 unspecified atom stereocenters. The van der Waals surface area contributed by atoms with Gasteiger partial charge in [-0.25, -0.2) is 0 Å². The van der Waals surface area contributed by atoms with Crippen molar-refractivity contribution in [1.82, 2.24) is 10.3 Å². The van der Waals surface area contributed by atoms with Gasteiger partial charge < -0.3 is 16.2 Å². The van der Waals surface area contributed by atoms with E-state index in [1.807, 2.05) is 25.1 Å². The third-order valence-corrected chi connectivity index (χ3v) is 2.09. The molecule has 0 aliphatic heterocycles. The molecule has 0 bridgehead atoms. The molecule has 1 rings (SSSR count). The predicted molar refractivity (Wildman–Crippen MR) is 56.3 cm³/mol. The third-order valence-electron chi connectivity index (χ3n) is 2.09. The van der Waals surface area contributed by atoms with Crippen LogP contribution in [0.3, 0.4) is 0 Å². The zero-order valence-electron chi connectivity index (χ0n) is 8.55. The molecular formula is C10H15N3O2. The van der Waals surface area contributed by atoms with E-state index in [0.717, 1.165) is 5.69 Å². The fraction of sp³-hybridized carbons (Fsp3) is 0.400. The second-order valence-corrected chi connectivity index (χ2v) is 3.33. The minimum absolute atomic E-state index is 0.00315. The summed E-state index contributed by atoms with van der Waals surface area (Å²) in [7, 11) is 0. The first kappa shape index (κ1) is 11.6. The van der Waals surface area contributed by atoms with Gasteiger partial charge in [-0.15, -0.1) is 0 Å². The lowest BCUT2D eigenvalue weighted by Crippen LogP contribution is -2.41. The Morgan fingerprint density at radius 1 is 1.67 bits per heavy atom. The van der Waals surface area contributed by atoms with Crippen LogP contribution in [0.1, 0.15) is 18.7 Å². The van der Waals surface area contributed by atoms with Gasteiger partial charge >= 0.3 is 5.97 Å². The normalized spacial score (nSPS) is 14.5. The zero-order chi connectivity index (χ0) is 11.3. The number of nitrogens with zero attached hydrogens (tertiary/aromatic N) is 1. The quantitative estimate of drug-likeness (QED) is 0.642. The van der Waals surface area contributed by atoms with E-state index < -0.39 is 12.0 Å². The Balaban J connectivity index is 2.43. The number of pyridine rings is 1. The molecule has 4 N–H and O–H groups in total. The molecule has 0 aromatic carbocycles. The van der Waals surface area contributed by atoms with E-state index in [1.54, 1.807) is 6.20 Å². The average Bonchev–Trinajstić information content (AvgIpc) is 2.26. The molecule has 15 heavy (non-hydrogen) atoms. The molecule has 0 aliphatic rings. The number of hydrogen-bond donors (Lipinski definition) is 3. The van der Waals surface area contributed by atoms with E-state index in [-0.39, 0.29) is 12.6 Å². The Labute approximate surface area is 88.3 Å². The first-order valence-corrected chi connectivity index (χ1v) is 4.74. The Morgan fingerprint density at radius 2 is 2.40 bits per heavy atom. The number of aliphatic carboxylic acids is 1. The molecule has 0 amide bonds. The molecule has 82 valence electrons. The van der Waals surface area contributed by atoms with Gasteiger partial charge in [-0.1, -0.05) is 6.07 Å². The summed E-state index contributed by atoms with van der Waals surface area (Å²) in [6, 6.07) is 4.72. The molecule has 5 heteroatoms. The molecule has 0 aliphatic carbocycles. The number of aromatic nitrogens is 1. The molecule has 0 radical (unpaired) electrons. The van der Waals surface area contributed by atoms with Crippen molar-refractivity contribution >= 4 is 5.97 Å². The lowest BCUT2D eigenvalue weighted by Gasteiger charge is -2.14. The fourth-order valence-electron chi connectivity index (χ4n) is 1.13. The number of nitrogens with two attached hydrogens (primary N) is 1. The second kappa shape index (κ2) is 5.43. The minimum atomic E-state index is -1.00. The lowest BCUT2D eigenvalue weighted by atomic mass is 10.2. The summed E-state index contributed by atoms with van der Waals surface area (Å²) in [6.45, 7) is 2.14. The summed E-state index contributed by atoms with van der Waals surface area (Å²) in [5.41, 5.74) is 6.23. The Kier molecular flexibility index (Phi) is 4.20. The van der Waals surface area contributed by atoms with Crippen molar-refractivity contribution in [2.45, 2.75) is 19.0 Å². The summed E-state index contributed by atoms with van der Waals surface area (Å²) in [5.74, 6) is -1.00. The molecule has 0 fully saturated rings. The van der Waals surface area contributed by atoms with Crippen LogP contribution in [0.2, 0.25) is 0 Å². The first-order valence-electron chi connectivity index (χ1n) is 4.74. The van der Waals surface area contributed by atoms with E-state index in [4.69, 9.17) is 10.8 Å². The summed E-state index contributed by atoms with van der Waals surface area (Å²) < 4.78 is 0. The van der Waals surface area contributed by atoms with Gasteiger partial charge in [0, 0.05) is 18.8 Å². The maximum Gasteiger partial charge on any atom is 0.321 e. The highest BCUT2D eigenvalue weighted by atomic mass is 16.4. The summed E-state index contributed by atoms with van der Waals surface area (Å²) in [5, 5.41) is 11.6. The van der Waals surface area contributed by atoms with Gasteiger partial charge in [0.1, 0.15) is 6.04 Å². The molecule has 1 heterocycles. The number of hydrogen-bond acceptors (Lipinski definition) is 4. The summed E-state index contributed by atoms with van der Waals surface area (Å²) >= 11 is 0. The summed E-state index contributed by atoms with van der Waals surface area (Å²) in [4.78, 5) is 14.6. The van der Waals surface area contributed by atoms with Crippen LogP contribution >= 0.6 is 0 Å². The molecule has 1 aromatic rings. The Hall–Kier alpha value is -1.46. The molecule has 2 atom stereocenters. The smallest absolute Gasteiger partial charge is 0.321 e. The number of nitrogens with one attached hydrogen (secondary N) is 1. The van der Waals surface area contributed by atoms with Gasteiger partial charge in [0.25, 0.3) is 0 Å². The molecule has 1 aromatic heterocycles. The van der Waals surface area contributed by atoms with E-state index in [1.165, 1.54) is 0 Å². The van der Waals surface area contributed by atoms with Crippen LogP contribution in [0.4, 0.5) is 0 Å². The van der Waals surface area contributed by atoms with E-state index >= 15 is 0 Å². The van der Waals surface area contributed by atoms with Crippen molar-refractivity contribution in [2.24, 2.45) is 5.73 Å². The van der Waals surface area contributed by atoms with Crippen LogP contribution in [0.15, 0.2) is 24.4 Å². The summed E-state index contributed by atoms with van der Waals surface area (Å²) in [6.07, 6.45) is 1.70. The number of carboxylic acid groups (broad SMARTS) is 1. The third kappa shape index (κ3) is 3.65. The highest BCUT2D eigenvalue weighted by Crippen LogP contribution is 2.06. The standard InChI is InChI=1S/C10H15N3O2/c1-7(9-4-2-3-5-12-9)13-6-8(11)10(14)15/h2-5,7-8,13H,6,11H2,1H3,(H,14,15)/t7-,8?/m1/s1. The maximum atomic E-state index is 10.5. The van der Waals surface area contributed by atoms with Gasteiger partial charge in [0.2, 0.25) is 0 Å². The van der Waals surface area contributed by atoms with E-state index in [0.29, 0.717) is 0 Å². The molecule has 5 nitrogen and oxygen atoms in total. The molecular weight excluding hydrogens is 194 g/mol. The second-order valence-electron chi connectivity index (χ2n) is 3.33. The average molecular weight is 209 g/mol. The van der Waals surface area contributed by atoms with Crippen LogP contribution in [0.25, 0.3) is 0 Å². The van der Waals surface area contributed by atoms with Crippen molar-refractivity contribution in [3.8, 4) is 0 Å². The number of carboxylic acids is 1. The van der Waals surface area contributed by atoms with E-state index in [2.05, 4.69) is 10.3 Å². The zero-order valence-corrected chi connectivity index (χ0v) is 8.55. The lowest BCUT2D eigenvalue weighted by molar-refractivity contribution is -0.138. The monoisotopic (exact) mass is 209 g/mol. The molecule has 0 saturated carbocycles. The van der Waals surface area contributed by atoms with Crippen LogP contribution in [-0.2, 0) is 4.79 Å². The van der Waals surface area contributed by atoms with Crippen LogP contribution in [0, 0.1) is 0 Å². The minimum Gasteiger partial charge on any atom is -0.480 e. The van der Waals surface area contributed by atoms with Gasteiger partial charge in [-0.05, 0) is 19.1 Å². The number of rotatable bonds is 5.